The zero-order valence-corrected chi connectivity index (χ0v) is 13.3. The summed E-state index contributed by atoms with van der Waals surface area (Å²) in [5.41, 5.74) is 2.24. The lowest BCUT2D eigenvalue weighted by Crippen LogP contribution is -2.31. The lowest BCUT2D eigenvalue weighted by atomic mass is 10.1. The summed E-state index contributed by atoms with van der Waals surface area (Å²) < 4.78 is 0. The van der Waals surface area contributed by atoms with Gasteiger partial charge in [0, 0.05) is 36.7 Å². The molecule has 24 heavy (non-hydrogen) atoms. The SMILES string of the molecule is O=C(Nc1ccncc1)c1ccc(CNC(=O)C2CCNC2)cc1. The van der Waals surface area contributed by atoms with E-state index in [-0.39, 0.29) is 17.7 Å². The summed E-state index contributed by atoms with van der Waals surface area (Å²) in [5, 5.41) is 8.93. The molecule has 2 amide bonds. The summed E-state index contributed by atoms with van der Waals surface area (Å²) >= 11 is 0. The van der Waals surface area contributed by atoms with E-state index in [1.54, 1.807) is 36.7 Å². The number of hydrogen-bond donors (Lipinski definition) is 3. The van der Waals surface area contributed by atoms with Gasteiger partial charge in [0.2, 0.25) is 5.91 Å². The first kappa shape index (κ1) is 16.1. The van der Waals surface area contributed by atoms with Gasteiger partial charge in [0.05, 0.1) is 5.92 Å². The number of carbonyl (C=O) groups is 2. The van der Waals surface area contributed by atoms with Crippen LogP contribution in [-0.2, 0) is 11.3 Å². The number of anilines is 1. The smallest absolute Gasteiger partial charge is 0.255 e. The van der Waals surface area contributed by atoms with E-state index >= 15 is 0 Å². The second-order valence-corrected chi connectivity index (χ2v) is 5.79. The molecule has 3 N–H and O–H groups in total. The average Bonchev–Trinajstić information content (AvgIpc) is 3.16. The van der Waals surface area contributed by atoms with Gasteiger partial charge in [0.25, 0.3) is 5.91 Å². The maximum absolute atomic E-state index is 12.2. The van der Waals surface area contributed by atoms with Gasteiger partial charge in [-0.05, 0) is 42.8 Å². The van der Waals surface area contributed by atoms with Crippen molar-refractivity contribution < 1.29 is 9.59 Å². The molecule has 6 nitrogen and oxygen atoms in total. The van der Waals surface area contributed by atoms with Gasteiger partial charge in [-0.2, -0.15) is 0 Å². The second-order valence-electron chi connectivity index (χ2n) is 5.79. The minimum Gasteiger partial charge on any atom is -0.352 e. The second kappa shape index (κ2) is 7.70. The molecule has 3 rings (SSSR count). The molecule has 1 fully saturated rings. The Balaban J connectivity index is 1.53. The van der Waals surface area contributed by atoms with Crippen molar-refractivity contribution >= 4 is 17.5 Å². The van der Waals surface area contributed by atoms with Crippen LogP contribution in [0.4, 0.5) is 5.69 Å². The Labute approximate surface area is 140 Å². The molecule has 0 spiro atoms. The van der Waals surface area contributed by atoms with E-state index in [0.29, 0.717) is 17.8 Å². The maximum atomic E-state index is 12.2. The Hall–Kier alpha value is -2.73. The van der Waals surface area contributed by atoms with Gasteiger partial charge in [0.15, 0.2) is 0 Å². The minimum absolute atomic E-state index is 0.0652. The number of carbonyl (C=O) groups excluding carboxylic acids is 2. The van der Waals surface area contributed by atoms with Crippen molar-refractivity contribution in [3.63, 3.8) is 0 Å². The van der Waals surface area contributed by atoms with Crippen LogP contribution in [0.1, 0.15) is 22.3 Å². The van der Waals surface area contributed by atoms with E-state index in [4.69, 9.17) is 0 Å². The molecular weight excluding hydrogens is 304 g/mol. The van der Waals surface area contributed by atoms with E-state index in [9.17, 15) is 9.59 Å². The molecule has 1 aliphatic heterocycles. The Morgan fingerprint density at radius 1 is 1.12 bits per heavy atom. The van der Waals surface area contributed by atoms with E-state index in [1.165, 1.54) is 0 Å². The van der Waals surface area contributed by atoms with Crippen LogP contribution < -0.4 is 16.0 Å². The molecule has 6 heteroatoms. The van der Waals surface area contributed by atoms with Crippen LogP contribution in [0.2, 0.25) is 0 Å². The third-order valence-corrected chi connectivity index (χ3v) is 4.05. The predicted octanol–water partition coefficient (Wildman–Crippen LogP) is 1.56. The van der Waals surface area contributed by atoms with Gasteiger partial charge in [-0.15, -0.1) is 0 Å². The fraction of sp³-hybridized carbons (Fsp3) is 0.278. The molecule has 0 aliphatic carbocycles. The monoisotopic (exact) mass is 324 g/mol. The van der Waals surface area contributed by atoms with E-state index in [2.05, 4.69) is 20.9 Å². The molecule has 1 saturated heterocycles. The van der Waals surface area contributed by atoms with Gasteiger partial charge in [-0.3, -0.25) is 14.6 Å². The quantitative estimate of drug-likeness (QED) is 0.779. The van der Waals surface area contributed by atoms with E-state index in [1.807, 2.05) is 12.1 Å². The Morgan fingerprint density at radius 2 is 1.88 bits per heavy atom. The Bertz CT molecular complexity index is 695. The van der Waals surface area contributed by atoms with Crippen molar-refractivity contribution in [2.75, 3.05) is 18.4 Å². The first-order valence-corrected chi connectivity index (χ1v) is 8.01. The molecule has 0 saturated carbocycles. The molecule has 1 aromatic carbocycles. The van der Waals surface area contributed by atoms with Crippen LogP contribution in [-0.4, -0.2) is 29.9 Å². The van der Waals surface area contributed by atoms with Crippen molar-refractivity contribution in [3.8, 4) is 0 Å². The third-order valence-electron chi connectivity index (χ3n) is 4.05. The van der Waals surface area contributed by atoms with Crippen molar-refractivity contribution in [3.05, 3.63) is 59.9 Å². The number of aromatic nitrogens is 1. The van der Waals surface area contributed by atoms with Crippen LogP contribution >= 0.6 is 0 Å². The molecule has 0 radical (unpaired) electrons. The van der Waals surface area contributed by atoms with Gasteiger partial charge in [0.1, 0.15) is 0 Å². The summed E-state index contributed by atoms with van der Waals surface area (Å²) in [6, 6.07) is 10.7. The van der Waals surface area contributed by atoms with Crippen LogP contribution in [0.5, 0.6) is 0 Å². The molecule has 124 valence electrons. The summed E-state index contributed by atoms with van der Waals surface area (Å²) in [4.78, 5) is 28.0. The minimum atomic E-state index is -0.172. The summed E-state index contributed by atoms with van der Waals surface area (Å²) in [6.07, 6.45) is 4.14. The largest absolute Gasteiger partial charge is 0.352 e. The number of benzene rings is 1. The number of pyridine rings is 1. The maximum Gasteiger partial charge on any atom is 0.255 e. The predicted molar refractivity (Wildman–Crippen MR) is 91.5 cm³/mol. The van der Waals surface area contributed by atoms with Gasteiger partial charge >= 0.3 is 0 Å². The lowest BCUT2D eigenvalue weighted by Gasteiger charge is -2.10. The Kier molecular flexibility index (Phi) is 5.18. The van der Waals surface area contributed by atoms with E-state index in [0.717, 1.165) is 25.1 Å². The average molecular weight is 324 g/mol. The zero-order chi connectivity index (χ0) is 16.8. The Morgan fingerprint density at radius 3 is 2.54 bits per heavy atom. The highest BCUT2D eigenvalue weighted by Gasteiger charge is 2.21. The molecule has 1 aliphatic rings. The molecule has 0 bridgehead atoms. The molecule has 1 aromatic heterocycles. The van der Waals surface area contributed by atoms with Crippen molar-refractivity contribution in [1.82, 2.24) is 15.6 Å². The van der Waals surface area contributed by atoms with Crippen LogP contribution in [0.15, 0.2) is 48.8 Å². The molecule has 1 unspecified atom stereocenters. The molecule has 2 aromatic rings. The van der Waals surface area contributed by atoms with E-state index < -0.39 is 0 Å². The third kappa shape index (κ3) is 4.17. The number of hydrogen-bond acceptors (Lipinski definition) is 4. The fourth-order valence-corrected chi connectivity index (χ4v) is 2.62. The van der Waals surface area contributed by atoms with Crippen molar-refractivity contribution in [2.45, 2.75) is 13.0 Å². The standard InChI is InChI=1S/C18H20N4O2/c23-17(15-5-8-20-12-15)21-11-13-1-3-14(4-2-13)18(24)22-16-6-9-19-10-7-16/h1-4,6-7,9-10,15,20H,5,8,11-12H2,(H,21,23)(H,19,22,24). The first-order valence-electron chi connectivity index (χ1n) is 8.01. The fourth-order valence-electron chi connectivity index (χ4n) is 2.62. The topological polar surface area (TPSA) is 83.1 Å². The molecule has 1 atom stereocenters. The summed E-state index contributed by atoms with van der Waals surface area (Å²) in [6.45, 7) is 2.13. The first-order chi connectivity index (χ1) is 11.7. The normalized spacial score (nSPS) is 16.6. The zero-order valence-electron chi connectivity index (χ0n) is 13.3. The summed E-state index contributed by atoms with van der Waals surface area (Å²) in [5.74, 6) is -0.0243. The van der Waals surface area contributed by atoms with Gasteiger partial charge in [-0.1, -0.05) is 12.1 Å². The highest BCUT2D eigenvalue weighted by Crippen LogP contribution is 2.10. The number of amides is 2. The number of nitrogens with zero attached hydrogens (tertiary/aromatic N) is 1. The van der Waals surface area contributed by atoms with Crippen molar-refractivity contribution in [2.24, 2.45) is 5.92 Å². The van der Waals surface area contributed by atoms with Crippen molar-refractivity contribution in [1.29, 1.82) is 0 Å². The van der Waals surface area contributed by atoms with Crippen LogP contribution in [0, 0.1) is 5.92 Å². The van der Waals surface area contributed by atoms with Gasteiger partial charge < -0.3 is 16.0 Å². The highest BCUT2D eigenvalue weighted by molar-refractivity contribution is 6.04. The molecular formula is C18H20N4O2. The van der Waals surface area contributed by atoms with Crippen LogP contribution in [0.3, 0.4) is 0 Å². The highest BCUT2D eigenvalue weighted by atomic mass is 16.2. The molecule has 2 heterocycles. The summed E-state index contributed by atoms with van der Waals surface area (Å²) in [7, 11) is 0. The van der Waals surface area contributed by atoms with Crippen LogP contribution in [0.25, 0.3) is 0 Å². The van der Waals surface area contributed by atoms with Gasteiger partial charge in [-0.25, -0.2) is 0 Å². The number of rotatable bonds is 5. The lowest BCUT2D eigenvalue weighted by molar-refractivity contribution is -0.124. The number of nitrogens with one attached hydrogen (secondary N) is 3.